The van der Waals surface area contributed by atoms with Gasteiger partial charge in [-0.15, -0.1) is 0 Å². The summed E-state index contributed by atoms with van der Waals surface area (Å²) >= 11 is 0. The van der Waals surface area contributed by atoms with Gasteiger partial charge in [-0.3, -0.25) is 0 Å². The average Bonchev–Trinajstić information content (AvgIpc) is 3.73. The second-order valence-electron chi connectivity index (χ2n) is 20.4. The van der Waals surface area contributed by atoms with Gasteiger partial charge in [-0.2, -0.15) is 0 Å². The topological polar surface area (TPSA) is 18.5 Å². The van der Waals surface area contributed by atoms with Crippen molar-refractivity contribution >= 4 is 74.5 Å². The van der Waals surface area contributed by atoms with Crippen molar-refractivity contribution in [2.24, 2.45) is 0 Å². The zero-order chi connectivity index (χ0) is 53.2. The van der Waals surface area contributed by atoms with E-state index >= 15 is 0 Å². The highest BCUT2D eigenvalue weighted by Gasteiger charge is 2.31. The van der Waals surface area contributed by atoms with Gasteiger partial charge in [-0.25, -0.2) is 0 Å². The Morgan fingerprint density at radius 2 is 0.725 bits per heavy atom. The molecule has 0 aliphatic carbocycles. The van der Waals surface area contributed by atoms with Gasteiger partial charge >= 0.3 is 0 Å². The second-order valence-corrected chi connectivity index (χ2v) is 20.4. The Kier molecular flexibility index (Phi) is 12.7. The number of anilines is 8. The van der Waals surface area contributed by atoms with Crippen LogP contribution >= 0.6 is 0 Å². The molecule has 0 unspecified atom stereocenters. The van der Waals surface area contributed by atoms with Crippen LogP contribution in [-0.2, 0) is 0 Å². The van der Waals surface area contributed by atoms with E-state index in [1.165, 1.54) is 55.6 Å². The number of hydrogen-bond donors (Lipinski definition) is 1. The number of benzene rings is 13. The zero-order valence-corrected chi connectivity index (χ0v) is 44.0. The molecule has 13 aromatic carbocycles. The van der Waals surface area contributed by atoms with Crippen molar-refractivity contribution in [1.82, 2.24) is 0 Å². The second kappa shape index (κ2) is 21.2. The smallest absolute Gasteiger partial charge is 0.197 e. The van der Waals surface area contributed by atoms with Crippen LogP contribution in [0.4, 0.5) is 45.5 Å². The zero-order valence-electron chi connectivity index (χ0n) is 44.0. The van der Waals surface area contributed by atoms with Crippen molar-refractivity contribution in [2.75, 3.05) is 15.1 Å². The van der Waals surface area contributed by atoms with Gasteiger partial charge < -0.3 is 15.1 Å². The molecule has 0 amide bonds. The van der Waals surface area contributed by atoms with Gasteiger partial charge in [-0.05, 0) is 156 Å². The molecule has 4 heteroatoms. The van der Waals surface area contributed by atoms with Crippen molar-refractivity contribution in [3.05, 3.63) is 315 Å². The Balaban J connectivity index is 0.989. The lowest BCUT2D eigenvalue weighted by Crippen LogP contribution is -2.41. The van der Waals surface area contributed by atoms with E-state index < -0.39 is 0 Å². The average molecular weight is 1020 g/mol. The van der Waals surface area contributed by atoms with Gasteiger partial charge in [-0.1, -0.05) is 242 Å². The van der Waals surface area contributed by atoms with Crippen molar-refractivity contribution in [3.8, 4) is 66.8 Å². The van der Waals surface area contributed by atoms with Gasteiger partial charge in [0.1, 0.15) is 0 Å². The SMILES string of the molecule is [B]1c2cc(-c3ccccc3)ccc2N(c2ccc(-c3ccccc3)cc2)c2cc3ccccc3c(-c3cc(N(c4ccc(-c5ccccc5)cc4)c4ccc(-c5ccccc5)cc4)ccc3Nc3ccc(-c4ccccc4)cc3)c21. The van der Waals surface area contributed by atoms with Crippen LogP contribution in [0, 0.1) is 0 Å². The first kappa shape index (κ1) is 48.0. The van der Waals surface area contributed by atoms with E-state index in [1.54, 1.807) is 0 Å². The summed E-state index contributed by atoms with van der Waals surface area (Å²) in [6.45, 7) is 0. The highest BCUT2D eigenvalue weighted by molar-refractivity contribution is 6.74. The molecule has 1 radical (unpaired) electrons. The Bertz CT molecular complexity index is 4200. The molecular formula is C76H53BN3. The lowest BCUT2D eigenvalue weighted by atomic mass is 9.57. The summed E-state index contributed by atoms with van der Waals surface area (Å²) in [6.07, 6.45) is 0. The number of rotatable bonds is 12. The summed E-state index contributed by atoms with van der Waals surface area (Å²) in [7, 11) is 2.43. The fourth-order valence-corrected chi connectivity index (χ4v) is 11.5. The fraction of sp³-hybridized carbons (Fsp3) is 0. The molecule has 1 heterocycles. The van der Waals surface area contributed by atoms with Gasteiger partial charge in [0.05, 0.1) is 0 Å². The maximum absolute atomic E-state index is 3.99. The maximum atomic E-state index is 3.99. The Labute approximate surface area is 469 Å². The van der Waals surface area contributed by atoms with Crippen molar-refractivity contribution in [2.45, 2.75) is 0 Å². The summed E-state index contributed by atoms with van der Waals surface area (Å²) in [4.78, 5) is 4.87. The Hall–Kier alpha value is -10.4. The first-order valence-corrected chi connectivity index (χ1v) is 27.4. The minimum absolute atomic E-state index is 0.995. The van der Waals surface area contributed by atoms with Crippen LogP contribution < -0.4 is 26.0 Å². The molecule has 0 fully saturated rings. The van der Waals surface area contributed by atoms with Crippen LogP contribution in [0.15, 0.2) is 315 Å². The number of nitrogens with zero attached hydrogens (tertiary/aromatic N) is 2. The van der Waals surface area contributed by atoms with E-state index in [4.69, 9.17) is 0 Å². The number of fused-ring (bicyclic) bond motifs is 3. The van der Waals surface area contributed by atoms with Crippen LogP contribution in [0.2, 0.25) is 0 Å². The van der Waals surface area contributed by atoms with Crippen molar-refractivity contribution in [1.29, 1.82) is 0 Å². The van der Waals surface area contributed by atoms with Crippen molar-refractivity contribution in [3.63, 3.8) is 0 Å². The normalized spacial score (nSPS) is 11.6. The van der Waals surface area contributed by atoms with E-state index in [0.29, 0.717) is 0 Å². The predicted molar refractivity (Wildman–Crippen MR) is 341 cm³/mol. The van der Waals surface area contributed by atoms with E-state index in [2.05, 4.69) is 338 Å². The van der Waals surface area contributed by atoms with Crippen LogP contribution in [0.1, 0.15) is 0 Å². The Morgan fingerprint density at radius 3 is 1.24 bits per heavy atom. The minimum Gasteiger partial charge on any atom is -0.355 e. The predicted octanol–water partition coefficient (Wildman–Crippen LogP) is 19.5. The highest BCUT2D eigenvalue weighted by atomic mass is 15.2. The molecule has 0 bridgehead atoms. The molecule has 0 saturated carbocycles. The molecule has 1 N–H and O–H groups in total. The van der Waals surface area contributed by atoms with E-state index in [9.17, 15) is 0 Å². The first-order chi connectivity index (χ1) is 39.6. The van der Waals surface area contributed by atoms with Crippen LogP contribution in [-0.4, -0.2) is 7.28 Å². The van der Waals surface area contributed by atoms with E-state index in [0.717, 1.165) is 78.3 Å². The molecule has 14 rings (SSSR count). The number of hydrogen-bond acceptors (Lipinski definition) is 3. The quantitative estimate of drug-likeness (QED) is 0.123. The summed E-state index contributed by atoms with van der Waals surface area (Å²) in [5.74, 6) is 0. The third-order valence-corrected chi connectivity index (χ3v) is 15.5. The molecule has 1 aliphatic rings. The van der Waals surface area contributed by atoms with E-state index in [1.807, 2.05) is 0 Å². The van der Waals surface area contributed by atoms with Gasteiger partial charge in [0, 0.05) is 51.1 Å². The number of nitrogens with one attached hydrogen (secondary N) is 1. The van der Waals surface area contributed by atoms with Gasteiger partial charge in [0.25, 0.3) is 0 Å². The standard InChI is InChI=1S/C76H53BN3/c1-6-18-53(19-7-1)58-30-39-64(40-31-58)78-72-48-47-68(79(65-41-32-59(33-42-65)54-20-8-2-9-21-54)66-43-34-60(35-44-66)55-22-10-3-11-23-55)52-70(72)75-69-29-17-16-28-63(69)51-74-76(75)77-71-50-62(57-26-14-5-15-27-57)38-49-73(71)80(74)67-45-36-61(37-46-67)56-24-12-4-13-25-56/h1-52,78H. The van der Waals surface area contributed by atoms with E-state index in [-0.39, 0.29) is 0 Å². The van der Waals surface area contributed by atoms with Crippen LogP contribution in [0.3, 0.4) is 0 Å². The molecule has 375 valence electrons. The molecule has 0 saturated heterocycles. The lowest BCUT2D eigenvalue weighted by molar-refractivity contribution is 1.28. The first-order valence-electron chi connectivity index (χ1n) is 27.4. The molecule has 0 spiro atoms. The molecule has 0 aromatic heterocycles. The van der Waals surface area contributed by atoms with Crippen molar-refractivity contribution < 1.29 is 0 Å². The summed E-state index contributed by atoms with van der Waals surface area (Å²) in [5, 5.41) is 6.30. The molecule has 0 atom stereocenters. The summed E-state index contributed by atoms with van der Waals surface area (Å²) < 4.78 is 0. The third kappa shape index (κ3) is 9.40. The van der Waals surface area contributed by atoms with Gasteiger partial charge in [0.2, 0.25) is 0 Å². The molecule has 13 aromatic rings. The Morgan fingerprint density at radius 1 is 0.312 bits per heavy atom. The highest BCUT2D eigenvalue weighted by Crippen LogP contribution is 2.46. The minimum atomic E-state index is 0.995. The lowest BCUT2D eigenvalue weighted by Gasteiger charge is -2.36. The summed E-state index contributed by atoms with van der Waals surface area (Å²) in [6, 6.07) is 114. The molecule has 3 nitrogen and oxygen atoms in total. The maximum Gasteiger partial charge on any atom is 0.197 e. The monoisotopic (exact) mass is 1020 g/mol. The summed E-state index contributed by atoms with van der Waals surface area (Å²) in [5.41, 5.74) is 24.7. The molecular weight excluding hydrogens is 966 g/mol. The van der Waals surface area contributed by atoms with Gasteiger partial charge in [0.15, 0.2) is 7.28 Å². The molecule has 80 heavy (non-hydrogen) atoms. The fourth-order valence-electron chi connectivity index (χ4n) is 11.5. The molecule has 1 aliphatic heterocycles. The largest absolute Gasteiger partial charge is 0.355 e. The van der Waals surface area contributed by atoms with Crippen LogP contribution in [0.5, 0.6) is 0 Å². The van der Waals surface area contributed by atoms with Crippen LogP contribution in [0.25, 0.3) is 77.5 Å². The third-order valence-electron chi connectivity index (χ3n) is 15.5.